The predicted octanol–water partition coefficient (Wildman–Crippen LogP) is 4.72. The Kier molecular flexibility index (Phi) is 3.45. The Morgan fingerprint density at radius 2 is 1.77 bits per heavy atom. The lowest BCUT2D eigenvalue weighted by Gasteiger charge is -2.32. The molecule has 0 aliphatic carbocycles. The van der Waals surface area contributed by atoms with Crippen LogP contribution in [0.3, 0.4) is 0 Å². The van der Waals surface area contributed by atoms with Crippen LogP contribution in [0.2, 0.25) is 0 Å². The second-order valence-corrected chi connectivity index (χ2v) is 6.60. The van der Waals surface area contributed by atoms with Crippen LogP contribution in [0.4, 0.5) is 10.3 Å². The third kappa shape index (κ3) is 2.44. The molecule has 0 amide bonds. The van der Waals surface area contributed by atoms with Crippen LogP contribution < -0.4 is 5.32 Å². The van der Waals surface area contributed by atoms with E-state index in [2.05, 4.69) is 57.9 Å². The van der Waals surface area contributed by atoms with Gasteiger partial charge in [0.15, 0.2) is 0 Å². The van der Waals surface area contributed by atoms with E-state index in [9.17, 15) is 4.39 Å². The van der Waals surface area contributed by atoms with E-state index in [-0.39, 0.29) is 17.9 Å². The van der Waals surface area contributed by atoms with Crippen molar-refractivity contribution in [3.8, 4) is 0 Å². The Morgan fingerprint density at radius 1 is 0.962 bits per heavy atom. The summed E-state index contributed by atoms with van der Waals surface area (Å²) < 4.78 is 15.3. The van der Waals surface area contributed by atoms with Crippen molar-refractivity contribution in [2.75, 3.05) is 5.32 Å². The van der Waals surface area contributed by atoms with E-state index in [4.69, 9.17) is 0 Å². The van der Waals surface area contributed by atoms with Crippen LogP contribution in [0.15, 0.2) is 73.1 Å². The van der Waals surface area contributed by atoms with Crippen molar-refractivity contribution in [1.29, 1.82) is 0 Å². The Bertz CT molecular complexity index is 1070. The molecule has 26 heavy (non-hydrogen) atoms. The number of halogens is 1. The second-order valence-electron chi connectivity index (χ2n) is 6.60. The molecule has 5 heteroatoms. The van der Waals surface area contributed by atoms with Crippen molar-refractivity contribution in [2.45, 2.75) is 18.5 Å². The van der Waals surface area contributed by atoms with Crippen LogP contribution in [0.5, 0.6) is 0 Å². The van der Waals surface area contributed by atoms with Gasteiger partial charge in [-0.05, 0) is 40.5 Å². The minimum Gasteiger partial charge on any atom is -0.348 e. The lowest BCUT2D eigenvalue weighted by Crippen LogP contribution is -2.28. The standard InChI is InChI=1S/C21H17FN4/c22-16-10-8-15(9-11-16)19-12-20(26-21(25-19)23-13-24-26)18-7-3-5-14-4-1-2-6-17(14)18/h1-11,13,19-20H,12H2,(H,23,24,25)/t19-,20-/m1/s1. The molecule has 0 fully saturated rings. The topological polar surface area (TPSA) is 42.7 Å². The van der Waals surface area contributed by atoms with Crippen LogP contribution in [0.1, 0.15) is 29.6 Å². The Morgan fingerprint density at radius 3 is 2.65 bits per heavy atom. The van der Waals surface area contributed by atoms with Gasteiger partial charge in [0, 0.05) is 0 Å². The maximum Gasteiger partial charge on any atom is 0.222 e. The average molecular weight is 344 g/mol. The molecule has 0 spiro atoms. The molecule has 0 bridgehead atoms. The number of aromatic nitrogens is 3. The summed E-state index contributed by atoms with van der Waals surface area (Å²) in [4.78, 5) is 4.37. The predicted molar refractivity (Wildman–Crippen MR) is 99.5 cm³/mol. The monoisotopic (exact) mass is 344 g/mol. The van der Waals surface area contributed by atoms with E-state index >= 15 is 0 Å². The van der Waals surface area contributed by atoms with Gasteiger partial charge in [0.25, 0.3) is 0 Å². The van der Waals surface area contributed by atoms with Gasteiger partial charge < -0.3 is 5.32 Å². The van der Waals surface area contributed by atoms with Gasteiger partial charge in [0.1, 0.15) is 12.1 Å². The Labute approximate surface area is 150 Å². The number of hydrogen-bond donors (Lipinski definition) is 1. The summed E-state index contributed by atoms with van der Waals surface area (Å²) in [6.07, 6.45) is 2.39. The number of hydrogen-bond acceptors (Lipinski definition) is 3. The lowest BCUT2D eigenvalue weighted by molar-refractivity contribution is 0.433. The molecule has 4 nitrogen and oxygen atoms in total. The van der Waals surface area contributed by atoms with Crippen molar-refractivity contribution in [3.05, 3.63) is 90.0 Å². The normalized spacial score (nSPS) is 19.1. The molecule has 0 saturated heterocycles. The highest BCUT2D eigenvalue weighted by molar-refractivity contribution is 5.86. The molecule has 0 saturated carbocycles. The van der Waals surface area contributed by atoms with E-state index in [0.29, 0.717) is 0 Å². The van der Waals surface area contributed by atoms with Gasteiger partial charge in [-0.15, -0.1) is 0 Å². The molecule has 128 valence electrons. The van der Waals surface area contributed by atoms with Crippen LogP contribution in [0, 0.1) is 5.82 Å². The Balaban J connectivity index is 1.62. The largest absolute Gasteiger partial charge is 0.348 e. The SMILES string of the molecule is Fc1ccc([C@H]2C[C@H](c3cccc4ccccc34)n3ncnc3N2)cc1. The van der Waals surface area contributed by atoms with E-state index in [0.717, 1.165) is 17.9 Å². The van der Waals surface area contributed by atoms with Crippen molar-refractivity contribution in [2.24, 2.45) is 0 Å². The number of nitrogens with zero attached hydrogens (tertiary/aromatic N) is 3. The van der Waals surface area contributed by atoms with Crippen LogP contribution in [0.25, 0.3) is 10.8 Å². The molecular formula is C21H17FN4. The molecule has 5 rings (SSSR count). The number of fused-ring (bicyclic) bond motifs is 2. The first kappa shape index (κ1) is 15.1. The molecule has 1 N–H and O–H groups in total. The lowest BCUT2D eigenvalue weighted by atomic mass is 9.90. The van der Waals surface area contributed by atoms with E-state index in [1.54, 1.807) is 6.33 Å². The maximum atomic E-state index is 13.3. The summed E-state index contributed by atoms with van der Waals surface area (Å²) in [6, 6.07) is 21.5. The highest BCUT2D eigenvalue weighted by Crippen LogP contribution is 2.39. The number of rotatable bonds is 2. The summed E-state index contributed by atoms with van der Waals surface area (Å²) in [5, 5.41) is 10.3. The number of anilines is 1. The van der Waals surface area contributed by atoms with Crippen molar-refractivity contribution < 1.29 is 4.39 Å². The fraction of sp³-hybridized carbons (Fsp3) is 0.143. The van der Waals surface area contributed by atoms with Crippen molar-refractivity contribution in [3.63, 3.8) is 0 Å². The summed E-state index contributed by atoms with van der Waals surface area (Å²) in [6.45, 7) is 0. The summed E-state index contributed by atoms with van der Waals surface area (Å²) >= 11 is 0. The minimum atomic E-state index is -0.224. The quantitative estimate of drug-likeness (QED) is 0.572. The van der Waals surface area contributed by atoms with Crippen molar-refractivity contribution >= 4 is 16.7 Å². The Hall–Kier alpha value is -3.21. The van der Waals surface area contributed by atoms with E-state index < -0.39 is 0 Å². The third-order valence-electron chi connectivity index (χ3n) is 5.09. The fourth-order valence-electron chi connectivity index (χ4n) is 3.83. The zero-order valence-corrected chi connectivity index (χ0v) is 14.0. The fourth-order valence-corrected chi connectivity index (χ4v) is 3.83. The first-order chi connectivity index (χ1) is 12.8. The number of nitrogens with one attached hydrogen (secondary N) is 1. The first-order valence-corrected chi connectivity index (χ1v) is 8.69. The van der Waals surface area contributed by atoms with Gasteiger partial charge in [0.05, 0.1) is 12.1 Å². The van der Waals surface area contributed by atoms with Crippen LogP contribution in [-0.2, 0) is 0 Å². The second kappa shape index (κ2) is 5.95. The minimum absolute atomic E-state index is 0.0521. The highest BCUT2D eigenvalue weighted by atomic mass is 19.1. The summed E-state index contributed by atoms with van der Waals surface area (Å²) in [5.74, 6) is 0.516. The van der Waals surface area contributed by atoms with Gasteiger partial charge in [-0.1, -0.05) is 54.6 Å². The van der Waals surface area contributed by atoms with Gasteiger partial charge in [-0.3, -0.25) is 0 Å². The molecule has 1 aromatic heterocycles. The van der Waals surface area contributed by atoms with E-state index in [1.807, 2.05) is 16.8 Å². The summed E-state index contributed by atoms with van der Waals surface area (Å²) in [7, 11) is 0. The maximum absolute atomic E-state index is 13.3. The molecule has 2 atom stereocenters. The molecule has 4 aromatic rings. The molecule has 3 aromatic carbocycles. The molecule has 2 heterocycles. The van der Waals surface area contributed by atoms with Gasteiger partial charge in [-0.25, -0.2) is 9.07 Å². The molecule has 0 unspecified atom stereocenters. The molecule has 1 aliphatic heterocycles. The van der Waals surface area contributed by atoms with Gasteiger partial charge in [-0.2, -0.15) is 10.1 Å². The zero-order valence-electron chi connectivity index (χ0n) is 14.0. The highest BCUT2D eigenvalue weighted by Gasteiger charge is 2.30. The first-order valence-electron chi connectivity index (χ1n) is 8.69. The van der Waals surface area contributed by atoms with Crippen molar-refractivity contribution in [1.82, 2.24) is 14.8 Å². The van der Waals surface area contributed by atoms with Crippen LogP contribution >= 0.6 is 0 Å². The third-order valence-corrected chi connectivity index (χ3v) is 5.09. The smallest absolute Gasteiger partial charge is 0.222 e. The number of benzene rings is 3. The molecule has 0 radical (unpaired) electrons. The molecule has 1 aliphatic rings. The van der Waals surface area contributed by atoms with Gasteiger partial charge in [0.2, 0.25) is 5.95 Å². The summed E-state index contributed by atoms with van der Waals surface area (Å²) in [5.41, 5.74) is 2.27. The average Bonchev–Trinajstić information content (AvgIpc) is 3.16. The van der Waals surface area contributed by atoms with E-state index in [1.165, 1.54) is 28.5 Å². The molecular weight excluding hydrogens is 327 g/mol. The van der Waals surface area contributed by atoms with Gasteiger partial charge >= 0.3 is 0 Å². The zero-order chi connectivity index (χ0) is 17.5. The van der Waals surface area contributed by atoms with Crippen LogP contribution in [-0.4, -0.2) is 14.8 Å².